The van der Waals surface area contributed by atoms with Gasteiger partial charge in [0.2, 0.25) is 0 Å². The molecule has 4 heteroatoms. The van der Waals surface area contributed by atoms with Crippen LogP contribution in [0.2, 0.25) is 0 Å². The van der Waals surface area contributed by atoms with Crippen LogP contribution in [0.4, 0.5) is 17.1 Å². The molecule has 0 saturated carbocycles. The lowest BCUT2D eigenvalue weighted by molar-refractivity contribution is 1.18. The molecule has 0 aliphatic rings. The quantitative estimate of drug-likeness (QED) is 0.172. The van der Waals surface area contributed by atoms with E-state index in [1.165, 1.54) is 81.7 Å². The second kappa shape index (κ2) is 11.8. The summed E-state index contributed by atoms with van der Waals surface area (Å²) in [4.78, 5) is 2.45. The standard InChI is InChI=1S/C54H34N4/c1-3-14-35(15-4-1)56-48-23-10-8-19-41(48)46-32-37(27-30-51(46)56)55(38-28-31-52-47(33-38)42-20-9-11-24-49(42)57(52)36-16-5-2-6-17-36)39-26-29-43-45-22-13-21-44-40-18-7-12-25-50(40)58(54(44)45)53(43)34-39/h1-34H. The molecule has 270 valence electrons. The summed E-state index contributed by atoms with van der Waals surface area (Å²) >= 11 is 0. The van der Waals surface area contributed by atoms with Crippen LogP contribution >= 0.6 is 0 Å². The molecular formula is C54H34N4. The summed E-state index contributed by atoms with van der Waals surface area (Å²) in [5.74, 6) is 0. The van der Waals surface area contributed by atoms with Gasteiger partial charge in [-0.15, -0.1) is 0 Å². The van der Waals surface area contributed by atoms with Crippen molar-refractivity contribution < 1.29 is 0 Å². The Bertz CT molecular complexity index is 3580. The molecular weight excluding hydrogens is 705 g/mol. The zero-order valence-corrected chi connectivity index (χ0v) is 31.4. The van der Waals surface area contributed by atoms with E-state index in [0.717, 1.165) is 28.4 Å². The van der Waals surface area contributed by atoms with Crippen molar-refractivity contribution in [2.24, 2.45) is 0 Å². The summed E-state index contributed by atoms with van der Waals surface area (Å²) in [6.07, 6.45) is 0. The minimum absolute atomic E-state index is 1.10. The zero-order valence-electron chi connectivity index (χ0n) is 31.4. The molecule has 58 heavy (non-hydrogen) atoms. The summed E-state index contributed by atoms with van der Waals surface area (Å²) in [5.41, 5.74) is 14.1. The van der Waals surface area contributed by atoms with Gasteiger partial charge in [0.15, 0.2) is 0 Å². The molecule has 4 aromatic heterocycles. The first-order chi connectivity index (χ1) is 28.8. The summed E-state index contributed by atoms with van der Waals surface area (Å²) in [6, 6.07) is 75.5. The van der Waals surface area contributed by atoms with Crippen LogP contribution in [0.25, 0.3) is 93.1 Å². The number of para-hydroxylation sites is 6. The molecule has 13 aromatic rings. The van der Waals surface area contributed by atoms with Gasteiger partial charge in [-0.25, -0.2) is 0 Å². The topological polar surface area (TPSA) is 17.5 Å². The van der Waals surface area contributed by atoms with E-state index in [1.54, 1.807) is 0 Å². The fourth-order valence-corrected chi connectivity index (χ4v) is 9.92. The Hall–Kier alpha value is -7.82. The van der Waals surface area contributed by atoms with Gasteiger partial charge in [0, 0.05) is 71.5 Å². The molecule has 0 N–H and O–H groups in total. The van der Waals surface area contributed by atoms with Crippen LogP contribution in [0.5, 0.6) is 0 Å². The molecule has 0 fully saturated rings. The maximum absolute atomic E-state index is 2.48. The Labute approximate surface area is 333 Å². The number of rotatable bonds is 5. The van der Waals surface area contributed by atoms with E-state index in [4.69, 9.17) is 0 Å². The van der Waals surface area contributed by atoms with Crippen molar-refractivity contribution in [1.82, 2.24) is 13.5 Å². The maximum atomic E-state index is 2.48. The number of nitrogens with zero attached hydrogens (tertiary/aromatic N) is 4. The number of hydrogen-bond donors (Lipinski definition) is 0. The number of benzene rings is 9. The second-order valence-corrected chi connectivity index (χ2v) is 15.4. The highest BCUT2D eigenvalue weighted by Crippen LogP contribution is 2.45. The minimum atomic E-state index is 1.10. The SMILES string of the molecule is c1ccc(-n2c3ccccc3c3cc(N(c4ccc5c(c4)c4ccccc4n5-c4ccccc4)c4ccc5c6cccc7c8ccccc8n(c5c4)c76)ccc32)cc1. The first kappa shape index (κ1) is 31.4. The third kappa shape index (κ3) is 4.29. The maximum Gasteiger partial charge on any atom is 0.0620 e. The highest BCUT2D eigenvalue weighted by molar-refractivity contribution is 6.23. The molecule has 0 spiro atoms. The summed E-state index contributed by atoms with van der Waals surface area (Å²) < 4.78 is 7.25. The fourth-order valence-electron chi connectivity index (χ4n) is 9.92. The van der Waals surface area contributed by atoms with Crippen LogP contribution < -0.4 is 4.90 Å². The van der Waals surface area contributed by atoms with Crippen LogP contribution in [0, 0.1) is 0 Å². The van der Waals surface area contributed by atoms with Gasteiger partial charge in [-0.1, -0.05) is 115 Å². The van der Waals surface area contributed by atoms with Crippen LogP contribution in [-0.2, 0) is 0 Å². The molecule has 0 bridgehead atoms. The Kier molecular flexibility index (Phi) is 6.41. The zero-order chi connectivity index (χ0) is 37.9. The molecule has 0 amide bonds. The van der Waals surface area contributed by atoms with E-state index < -0.39 is 0 Å². The van der Waals surface area contributed by atoms with Crippen molar-refractivity contribution in [1.29, 1.82) is 0 Å². The lowest BCUT2D eigenvalue weighted by Crippen LogP contribution is -2.10. The molecule has 9 aromatic carbocycles. The molecule has 0 saturated heterocycles. The van der Waals surface area contributed by atoms with Crippen molar-refractivity contribution in [3.63, 3.8) is 0 Å². The van der Waals surface area contributed by atoms with Crippen LogP contribution in [0.1, 0.15) is 0 Å². The molecule has 0 aliphatic heterocycles. The Morgan fingerprint density at radius 2 is 0.655 bits per heavy atom. The summed E-state index contributed by atoms with van der Waals surface area (Å²) in [6.45, 7) is 0. The summed E-state index contributed by atoms with van der Waals surface area (Å²) in [7, 11) is 0. The van der Waals surface area contributed by atoms with Gasteiger partial charge in [-0.05, 0) is 91.0 Å². The number of aromatic nitrogens is 3. The van der Waals surface area contributed by atoms with Gasteiger partial charge in [-0.2, -0.15) is 0 Å². The van der Waals surface area contributed by atoms with Crippen LogP contribution in [0.3, 0.4) is 0 Å². The van der Waals surface area contributed by atoms with E-state index in [1.807, 2.05) is 0 Å². The molecule has 0 unspecified atom stereocenters. The number of anilines is 3. The monoisotopic (exact) mass is 738 g/mol. The van der Waals surface area contributed by atoms with Gasteiger partial charge < -0.3 is 18.4 Å². The lowest BCUT2D eigenvalue weighted by atomic mass is 10.1. The Morgan fingerprint density at radius 1 is 0.259 bits per heavy atom. The van der Waals surface area contributed by atoms with E-state index in [0.29, 0.717) is 0 Å². The fraction of sp³-hybridized carbons (Fsp3) is 0. The van der Waals surface area contributed by atoms with E-state index >= 15 is 0 Å². The predicted molar refractivity (Wildman–Crippen MR) is 244 cm³/mol. The van der Waals surface area contributed by atoms with Crippen molar-refractivity contribution in [3.8, 4) is 11.4 Å². The first-order valence-corrected chi connectivity index (χ1v) is 19.9. The van der Waals surface area contributed by atoms with Crippen LogP contribution in [-0.4, -0.2) is 13.5 Å². The van der Waals surface area contributed by atoms with Crippen molar-refractivity contribution >= 4 is 98.8 Å². The largest absolute Gasteiger partial charge is 0.310 e. The predicted octanol–water partition coefficient (Wildman–Crippen LogP) is 14.5. The third-order valence-electron chi connectivity index (χ3n) is 12.3. The average Bonchev–Trinajstić information content (AvgIpc) is 4.01. The van der Waals surface area contributed by atoms with Gasteiger partial charge in [-0.3, -0.25) is 0 Å². The lowest BCUT2D eigenvalue weighted by Gasteiger charge is -2.26. The van der Waals surface area contributed by atoms with E-state index in [2.05, 4.69) is 225 Å². The molecule has 0 aliphatic carbocycles. The normalized spacial score (nSPS) is 12.1. The Balaban J connectivity index is 1.10. The van der Waals surface area contributed by atoms with Crippen LogP contribution in [0.15, 0.2) is 206 Å². The van der Waals surface area contributed by atoms with E-state index in [9.17, 15) is 0 Å². The minimum Gasteiger partial charge on any atom is -0.310 e. The average molecular weight is 739 g/mol. The van der Waals surface area contributed by atoms with Gasteiger partial charge in [0.25, 0.3) is 0 Å². The molecule has 0 radical (unpaired) electrons. The van der Waals surface area contributed by atoms with E-state index in [-0.39, 0.29) is 0 Å². The number of fused-ring (bicyclic) bond motifs is 12. The van der Waals surface area contributed by atoms with Crippen molar-refractivity contribution in [2.75, 3.05) is 4.90 Å². The molecule has 4 nitrogen and oxygen atoms in total. The highest BCUT2D eigenvalue weighted by atomic mass is 15.1. The molecule has 13 rings (SSSR count). The third-order valence-corrected chi connectivity index (χ3v) is 12.3. The highest BCUT2D eigenvalue weighted by Gasteiger charge is 2.22. The first-order valence-electron chi connectivity index (χ1n) is 19.9. The van der Waals surface area contributed by atoms with Gasteiger partial charge >= 0.3 is 0 Å². The molecule has 0 atom stereocenters. The molecule has 4 heterocycles. The smallest absolute Gasteiger partial charge is 0.0620 e. The summed E-state index contributed by atoms with van der Waals surface area (Å²) in [5, 5.41) is 10.0. The van der Waals surface area contributed by atoms with Gasteiger partial charge in [0.1, 0.15) is 0 Å². The Morgan fingerprint density at radius 3 is 1.21 bits per heavy atom. The van der Waals surface area contributed by atoms with Crippen molar-refractivity contribution in [3.05, 3.63) is 206 Å². The number of hydrogen-bond acceptors (Lipinski definition) is 1. The second-order valence-electron chi connectivity index (χ2n) is 15.4. The van der Waals surface area contributed by atoms with Crippen molar-refractivity contribution in [2.45, 2.75) is 0 Å². The van der Waals surface area contributed by atoms with Gasteiger partial charge in [0.05, 0.1) is 38.6 Å².